The summed E-state index contributed by atoms with van der Waals surface area (Å²) in [6.07, 6.45) is 5.59. The van der Waals surface area contributed by atoms with Crippen LogP contribution in [0.1, 0.15) is 24.5 Å². The Bertz CT molecular complexity index is 522. The van der Waals surface area contributed by atoms with Gasteiger partial charge in [0.2, 0.25) is 0 Å². The van der Waals surface area contributed by atoms with Crippen LogP contribution in [0.5, 0.6) is 5.75 Å². The summed E-state index contributed by atoms with van der Waals surface area (Å²) in [5, 5.41) is 4.13. The maximum absolute atomic E-state index is 6.02. The Hall–Kier alpha value is -1.81. The molecule has 4 nitrogen and oxygen atoms in total. The van der Waals surface area contributed by atoms with E-state index in [0.29, 0.717) is 6.61 Å². The summed E-state index contributed by atoms with van der Waals surface area (Å²) in [4.78, 5) is 0. The number of rotatable bonds is 6. The van der Waals surface area contributed by atoms with E-state index in [4.69, 9.17) is 10.5 Å². The smallest absolute Gasteiger partial charge is 0.123 e. The van der Waals surface area contributed by atoms with Crippen LogP contribution in [0.15, 0.2) is 36.7 Å². The van der Waals surface area contributed by atoms with Crippen LogP contribution in [0, 0.1) is 0 Å². The molecule has 0 aliphatic heterocycles. The summed E-state index contributed by atoms with van der Waals surface area (Å²) in [5.74, 6) is 0.912. The minimum Gasteiger partial charge on any atom is -0.489 e. The van der Waals surface area contributed by atoms with Gasteiger partial charge in [-0.15, -0.1) is 0 Å². The molecule has 1 heterocycles. The predicted molar refractivity (Wildman–Crippen MR) is 76.0 cm³/mol. The highest BCUT2D eigenvalue weighted by Crippen LogP contribution is 2.21. The standard InChI is InChI=1S/C15H21N3O/c1-3-14(16)8-13-6-4-5-7-15(13)19-11-12-9-17-18(2)10-12/h4-7,9-10,14H,3,8,11,16H2,1-2H3. The summed E-state index contributed by atoms with van der Waals surface area (Å²) in [6.45, 7) is 2.63. The molecule has 2 rings (SSSR count). The second kappa shape index (κ2) is 6.38. The Morgan fingerprint density at radius 3 is 2.84 bits per heavy atom. The van der Waals surface area contributed by atoms with Gasteiger partial charge in [0.25, 0.3) is 0 Å². The van der Waals surface area contributed by atoms with Gasteiger partial charge in [0, 0.05) is 24.8 Å². The maximum atomic E-state index is 6.02. The zero-order chi connectivity index (χ0) is 13.7. The molecule has 0 aliphatic carbocycles. The van der Waals surface area contributed by atoms with Crippen molar-refractivity contribution in [2.24, 2.45) is 12.8 Å². The number of aryl methyl sites for hydroxylation is 1. The van der Waals surface area contributed by atoms with E-state index in [9.17, 15) is 0 Å². The van der Waals surface area contributed by atoms with Crippen LogP contribution in [0.3, 0.4) is 0 Å². The molecular weight excluding hydrogens is 238 g/mol. The van der Waals surface area contributed by atoms with Gasteiger partial charge in [-0.1, -0.05) is 25.1 Å². The summed E-state index contributed by atoms with van der Waals surface area (Å²) in [5.41, 5.74) is 8.25. The largest absolute Gasteiger partial charge is 0.489 e. The first kappa shape index (κ1) is 13.6. The zero-order valence-electron chi connectivity index (χ0n) is 11.5. The fraction of sp³-hybridized carbons (Fsp3) is 0.400. The molecule has 1 unspecified atom stereocenters. The molecule has 0 bridgehead atoms. The lowest BCUT2D eigenvalue weighted by Crippen LogP contribution is -2.21. The van der Waals surface area contributed by atoms with Crippen molar-refractivity contribution in [3.8, 4) is 5.75 Å². The number of ether oxygens (including phenoxy) is 1. The summed E-state index contributed by atoms with van der Waals surface area (Å²) in [6, 6.07) is 8.26. The minimum atomic E-state index is 0.183. The van der Waals surface area contributed by atoms with Crippen molar-refractivity contribution in [1.29, 1.82) is 0 Å². The average molecular weight is 259 g/mol. The number of nitrogens with two attached hydrogens (primary N) is 1. The fourth-order valence-electron chi connectivity index (χ4n) is 1.95. The minimum absolute atomic E-state index is 0.183. The quantitative estimate of drug-likeness (QED) is 0.866. The molecule has 0 fully saturated rings. The molecule has 0 radical (unpaired) electrons. The van der Waals surface area contributed by atoms with Crippen LogP contribution >= 0.6 is 0 Å². The number of benzene rings is 1. The van der Waals surface area contributed by atoms with E-state index in [2.05, 4.69) is 18.1 Å². The van der Waals surface area contributed by atoms with Crippen molar-refractivity contribution in [2.75, 3.05) is 0 Å². The molecular formula is C15H21N3O. The zero-order valence-corrected chi connectivity index (χ0v) is 11.5. The normalized spacial score (nSPS) is 12.4. The molecule has 1 aromatic heterocycles. The maximum Gasteiger partial charge on any atom is 0.123 e. The molecule has 2 aromatic rings. The van der Waals surface area contributed by atoms with Gasteiger partial charge in [0.05, 0.1) is 6.20 Å². The van der Waals surface area contributed by atoms with Crippen LogP contribution in [-0.2, 0) is 20.1 Å². The van der Waals surface area contributed by atoms with Crippen molar-refractivity contribution in [3.63, 3.8) is 0 Å². The second-order valence-corrected chi connectivity index (χ2v) is 4.79. The van der Waals surface area contributed by atoms with Gasteiger partial charge < -0.3 is 10.5 Å². The Kier molecular flexibility index (Phi) is 4.58. The summed E-state index contributed by atoms with van der Waals surface area (Å²) < 4.78 is 7.65. The van der Waals surface area contributed by atoms with E-state index >= 15 is 0 Å². The van der Waals surface area contributed by atoms with E-state index in [1.54, 1.807) is 4.68 Å². The van der Waals surface area contributed by atoms with Gasteiger partial charge in [-0.3, -0.25) is 4.68 Å². The van der Waals surface area contributed by atoms with Gasteiger partial charge in [-0.2, -0.15) is 5.10 Å². The van der Waals surface area contributed by atoms with Gasteiger partial charge in [-0.05, 0) is 24.5 Å². The lowest BCUT2D eigenvalue weighted by Gasteiger charge is -2.13. The molecule has 0 saturated carbocycles. The van der Waals surface area contributed by atoms with Gasteiger partial charge in [0.15, 0.2) is 0 Å². The molecule has 0 amide bonds. The highest BCUT2D eigenvalue weighted by Gasteiger charge is 2.08. The molecule has 2 N–H and O–H groups in total. The average Bonchev–Trinajstić information content (AvgIpc) is 2.83. The lowest BCUT2D eigenvalue weighted by atomic mass is 10.0. The molecule has 102 valence electrons. The third-order valence-electron chi connectivity index (χ3n) is 3.13. The van der Waals surface area contributed by atoms with Crippen molar-refractivity contribution in [1.82, 2.24) is 9.78 Å². The number of nitrogens with zero attached hydrogens (tertiary/aromatic N) is 2. The molecule has 0 aliphatic rings. The first-order valence-electron chi connectivity index (χ1n) is 6.63. The molecule has 0 saturated heterocycles. The van der Waals surface area contributed by atoms with Crippen LogP contribution in [0.25, 0.3) is 0 Å². The predicted octanol–water partition coefficient (Wildman–Crippen LogP) is 2.28. The topological polar surface area (TPSA) is 53.1 Å². The lowest BCUT2D eigenvalue weighted by molar-refractivity contribution is 0.302. The first-order chi connectivity index (χ1) is 9.19. The Morgan fingerprint density at radius 1 is 1.37 bits per heavy atom. The van der Waals surface area contributed by atoms with Crippen molar-refractivity contribution in [3.05, 3.63) is 47.8 Å². The molecule has 19 heavy (non-hydrogen) atoms. The van der Waals surface area contributed by atoms with Gasteiger partial charge in [0.1, 0.15) is 12.4 Å². The second-order valence-electron chi connectivity index (χ2n) is 4.79. The van der Waals surface area contributed by atoms with Crippen LogP contribution in [0.2, 0.25) is 0 Å². The van der Waals surface area contributed by atoms with E-state index in [-0.39, 0.29) is 6.04 Å². The van der Waals surface area contributed by atoms with Crippen LogP contribution in [-0.4, -0.2) is 15.8 Å². The van der Waals surface area contributed by atoms with E-state index in [0.717, 1.165) is 24.2 Å². The Morgan fingerprint density at radius 2 is 2.16 bits per heavy atom. The monoisotopic (exact) mass is 259 g/mol. The molecule has 0 spiro atoms. The molecule has 4 heteroatoms. The van der Waals surface area contributed by atoms with Crippen molar-refractivity contribution >= 4 is 0 Å². The highest BCUT2D eigenvalue weighted by atomic mass is 16.5. The Balaban J connectivity index is 2.03. The van der Waals surface area contributed by atoms with E-state index < -0.39 is 0 Å². The van der Waals surface area contributed by atoms with E-state index in [1.165, 1.54) is 5.56 Å². The van der Waals surface area contributed by atoms with Crippen LogP contribution < -0.4 is 10.5 Å². The van der Waals surface area contributed by atoms with Gasteiger partial charge >= 0.3 is 0 Å². The highest BCUT2D eigenvalue weighted by molar-refractivity contribution is 5.34. The number of para-hydroxylation sites is 1. The summed E-state index contributed by atoms with van der Waals surface area (Å²) >= 11 is 0. The van der Waals surface area contributed by atoms with E-state index in [1.807, 2.05) is 37.6 Å². The Labute approximate surface area is 114 Å². The number of aromatic nitrogens is 2. The SMILES string of the molecule is CCC(N)Cc1ccccc1OCc1cnn(C)c1. The first-order valence-corrected chi connectivity index (χ1v) is 6.63. The molecule has 1 aromatic carbocycles. The number of hydrogen-bond acceptors (Lipinski definition) is 3. The van der Waals surface area contributed by atoms with Gasteiger partial charge in [-0.25, -0.2) is 0 Å². The van der Waals surface area contributed by atoms with Crippen molar-refractivity contribution in [2.45, 2.75) is 32.4 Å². The van der Waals surface area contributed by atoms with Crippen LogP contribution in [0.4, 0.5) is 0 Å². The fourth-order valence-corrected chi connectivity index (χ4v) is 1.95. The third-order valence-corrected chi connectivity index (χ3v) is 3.13. The summed E-state index contributed by atoms with van der Waals surface area (Å²) in [7, 11) is 1.90. The third kappa shape index (κ3) is 3.83. The van der Waals surface area contributed by atoms with Crippen molar-refractivity contribution < 1.29 is 4.74 Å². The molecule has 1 atom stereocenters. The number of hydrogen-bond donors (Lipinski definition) is 1.